The SMILES string of the molecule is CCCCCCN(CCC(=O)NCCCCC)C(=O)c1cc(C)oc1C. The fourth-order valence-corrected chi connectivity index (χ4v) is 2.99. The number of unbranched alkanes of at least 4 members (excludes halogenated alkanes) is 5. The summed E-state index contributed by atoms with van der Waals surface area (Å²) in [4.78, 5) is 26.7. The molecular weight excluding hydrogens is 328 g/mol. The van der Waals surface area contributed by atoms with Crippen molar-refractivity contribution >= 4 is 11.8 Å². The minimum Gasteiger partial charge on any atom is -0.466 e. The van der Waals surface area contributed by atoms with Gasteiger partial charge in [0.05, 0.1) is 5.56 Å². The predicted octanol–water partition coefficient (Wildman–Crippen LogP) is 4.62. The average Bonchev–Trinajstić information content (AvgIpc) is 2.95. The van der Waals surface area contributed by atoms with Gasteiger partial charge in [0.25, 0.3) is 5.91 Å². The van der Waals surface area contributed by atoms with Gasteiger partial charge in [-0.3, -0.25) is 9.59 Å². The summed E-state index contributed by atoms with van der Waals surface area (Å²) >= 11 is 0. The largest absolute Gasteiger partial charge is 0.466 e. The molecule has 0 aliphatic carbocycles. The molecule has 5 heteroatoms. The zero-order valence-corrected chi connectivity index (χ0v) is 17.0. The average molecular weight is 365 g/mol. The minimum absolute atomic E-state index is 0.0209. The first kappa shape index (κ1) is 22.3. The normalized spacial score (nSPS) is 10.8. The molecule has 26 heavy (non-hydrogen) atoms. The summed E-state index contributed by atoms with van der Waals surface area (Å²) in [6, 6.07) is 1.79. The first-order chi connectivity index (χ1) is 12.5. The topological polar surface area (TPSA) is 62.6 Å². The zero-order chi connectivity index (χ0) is 19.4. The lowest BCUT2D eigenvalue weighted by Gasteiger charge is -2.22. The van der Waals surface area contributed by atoms with Crippen molar-refractivity contribution in [1.82, 2.24) is 10.2 Å². The van der Waals surface area contributed by atoms with E-state index in [0.717, 1.165) is 50.8 Å². The van der Waals surface area contributed by atoms with E-state index in [4.69, 9.17) is 4.42 Å². The van der Waals surface area contributed by atoms with Crippen LogP contribution in [0.2, 0.25) is 0 Å². The summed E-state index contributed by atoms with van der Waals surface area (Å²) in [5.74, 6) is 1.38. The third-order valence-corrected chi connectivity index (χ3v) is 4.55. The van der Waals surface area contributed by atoms with Crippen molar-refractivity contribution in [2.45, 2.75) is 79.1 Å². The standard InChI is InChI=1S/C21H36N2O3/c1-5-7-9-11-14-23(15-12-20(24)22-13-10-8-6-2)21(25)19-16-17(3)26-18(19)4/h16H,5-15H2,1-4H3,(H,22,24). The fourth-order valence-electron chi connectivity index (χ4n) is 2.99. The molecule has 2 amide bonds. The Morgan fingerprint density at radius 2 is 1.69 bits per heavy atom. The Morgan fingerprint density at radius 1 is 1.00 bits per heavy atom. The van der Waals surface area contributed by atoms with Crippen LogP contribution in [0.4, 0.5) is 0 Å². The van der Waals surface area contributed by atoms with Gasteiger partial charge < -0.3 is 14.6 Å². The first-order valence-corrected chi connectivity index (χ1v) is 10.1. The van der Waals surface area contributed by atoms with E-state index in [0.29, 0.717) is 30.8 Å². The summed E-state index contributed by atoms with van der Waals surface area (Å²) in [5, 5.41) is 2.95. The molecule has 0 aromatic carbocycles. The van der Waals surface area contributed by atoms with Crippen LogP contribution in [0.15, 0.2) is 10.5 Å². The Bertz CT molecular complexity index is 551. The highest BCUT2D eigenvalue weighted by atomic mass is 16.3. The number of nitrogens with zero attached hydrogens (tertiary/aromatic N) is 1. The first-order valence-electron chi connectivity index (χ1n) is 10.1. The number of furan rings is 1. The van der Waals surface area contributed by atoms with Crippen molar-refractivity contribution in [1.29, 1.82) is 0 Å². The molecule has 5 nitrogen and oxygen atoms in total. The van der Waals surface area contributed by atoms with Crippen molar-refractivity contribution in [3.8, 4) is 0 Å². The molecule has 1 heterocycles. The number of rotatable bonds is 13. The van der Waals surface area contributed by atoms with Crippen LogP contribution in [0.3, 0.4) is 0 Å². The van der Waals surface area contributed by atoms with Crippen LogP contribution >= 0.6 is 0 Å². The van der Waals surface area contributed by atoms with Crippen molar-refractivity contribution < 1.29 is 14.0 Å². The Hall–Kier alpha value is -1.78. The Kier molecular flexibility index (Phi) is 10.7. The maximum Gasteiger partial charge on any atom is 0.257 e. The molecule has 0 bridgehead atoms. The molecule has 0 spiro atoms. The molecule has 0 saturated heterocycles. The fraction of sp³-hybridized carbons (Fsp3) is 0.714. The van der Waals surface area contributed by atoms with Crippen LogP contribution in [0.1, 0.15) is 87.1 Å². The van der Waals surface area contributed by atoms with Crippen molar-refractivity contribution in [3.05, 3.63) is 23.2 Å². The predicted molar refractivity (Wildman–Crippen MR) is 105 cm³/mol. The molecule has 0 saturated carbocycles. The van der Waals surface area contributed by atoms with Gasteiger partial charge in [0.15, 0.2) is 0 Å². The lowest BCUT2D eigenvalue weighted by molar-refractivity contribution is -0.121. The van der Waals surface area contributed by atoms with Gasteiger partial charge in [-0.15, -0.1) is 0 Å². The lowest BCUT2D eigenvalue weighted by Crippen LogP contribution is -2.36. The van der Waals surface area contributed by atoms with Crippen LogP contribution in [0.25, 0.3) is 0 Å². The van der Waals surface area contributed by atoms with Gasteiger partial charge in [0, 0.05) is 26.1 Å². The van der Waals surface area contributed by atoms with Crippen molar-refractivity contribution in [3.63, 3.8) is 0 Å². The Morgan fingerprint density at radius 3 is 2.31 bits per heavy atom. The number of amides is 2. The molecule has 0 aliphatic rings. The molecule has 0 atom stereocenters. The van der Waals surface area contributed by atoms with Gasteiger partial charge in [-0.2, -0.15) is 0 Å². The highest BCUT2D eigenvalue weighted by Crippen LogP contribution is 2.17. The molecule has 0 fully saturated rings. The highest BCUT2D eigenvalue weighted by molar-refractivity contribution is 5.95. The quantitative estimate of drug-likeness (QED) is 0.520. The van der Waals surface area contributed by atoms with Gasteiger partial charge in [-0.1, -0.05) is 46.0 Å². The molecule has 1 aromatic heterocycles. The summed E-state index contributed by atoms with van der Waals surface area (Å²) in [6.45, 7) is 9.83. The summed E-state index contributed by atoms with van der Waals surface area (Å²) in [6.07, 6.45) is 8.02. The summed E-state index contributed by atoms with van der Waals surface area (Å²) in [7, 11) is 0. The van der Waals surface area contributed by atoms with E-state index in [1.54, 1.807) is 11.0 Å². The summed E-state index contributed by atoms with van der Waals surface area (Å²) in [5.41, 5.74) is 0.612. The van der Waals surface area contributed by atoms with Crippen LogP contribution in [0, 0.1) is 13.8 Å². The van der Waals surface area contributed by atoms with Crippen LogP contribution in [-0.4, -0.2) is 36.3 Å². The van der Waals surface area contributed by atoms with Gasteiger partial charge in [-0.05, 0) is 32.8 Å². The third kappa shape index (κ3) is 8.07. The second-order valence-corrected chi connectivity index (χ2v) is 6.99. The smallest absolute Gasteiger partial charge is 0.257 e. The van der Waals surface area contributed by atoms with Crippen LogP contribution in [0.5, 0.6) is 0 Å². The maximum absolute atomic E-state index is 12.9. The van der Waals surface area contributed by atoms with Gasteiger partial charge in [-0.25, -0.2) is 0 Å². The number of hydrogen-bond acceptors (Lipinski definition) is 3. The van der Waals surface area contributed by atoms with Crippen LogP contribution < -0.4 is 5.32 Å². The summed E-state index contributed by atoms with van der Waals surface area (Å²) < 4.78 is 5.50. The van der Waals surface area contributed by atoms with Gasteiger partial charge >= 0.3 is 0 Å². The van der Waals surface area contributed by atoms with E-state index in [2.05, 4.69) is 19.2 Å². The minimum atomic E-state index is -0.0327. The molecule has 0 aliphatic heterocycles. The molecule has 1 aromatic rings. The van der Waals surface area contributed by atoms with Crippen molar-refractivity contribution in [2.75, 3.05) is 19.6 Å². The number of aryl methyl sites for hydroxylation is 2. The second-order valence-electron chi connectivity index (χ2n) is 6.99. The molecule has 148 valence electrons. The molecular formula is C21H36N2O3. The molecule has 1 N–H and O–H groups in total. The van der Waals surface area contributed by atoms with E-state index in [-0.39, 0.29) is 11.8 Å². The third-order valence-electron chi connectivity index (χ3n) is 4.55. The molecule has 1 rings (SSSR count). The number of carbonyl (C=O) groups excluding carboxylic acids is 2. The number of nitrogens with one attached hydrogen (secondary N) is 1. The van der Waals surface area contributed by atoms with E-state index in [1.807, 2.05) is 13.8 Å². The Labute approximate surface area is 158 Å². The maximum atomic E-state index is 12.9. The second kappa shape index (κ2) is 12.6. The van der Waals surface area contributed by atoms with Gasteiger partial charge in [0.2, 0.25) is 5.91 Å². The number of hydrogen-bond donors (Lipinski definition) is 1. The van der Waals surface area contributed by atoms with Gasteiger partial charge in [0.1, 0.15) is 11.5 Å². The molecule has 0 radical (unpaired) electrons. The number of carbonyl (C=O) groups is 2. The molecule has 0 unspecified atom stereocenters. The van der Waals surface area contributed by atoms with E-state index in [1.165, 1.54) is 6.42 Å². The Balaban J connectivity index is 2.59. The van der Waals surface area contributed by atoms with Crippen LogP contribution in [-0.2, 0) is 4.79 Å². The van der Waals surface area contributed by atoms with E-state index >= 15 is 0 Å². The lowest BCUT2D eigenvalue weighted by atomic mass is 10.1. The van der Waals surface area contributed by atoms with Crippen molar-refractivity contribution in [2.24, 2.45) is 0 Å². The zero-order valence-electron chi connectivity index (χ0n) is 17.0. The highest BCUT2D eigenvalue weighted by Gasteiger charge is 2.20. The monoisotopic (exact) mass is 364 g/mol. The van der Waals surface area contributed by atoms with E-state index < -0.39 is 0 Å². The van der Waals surface area contributed by atoms with E-state index in [9.17, 15) is 9.59 Å².